The molecule has 2 rings (SSSR count). The maximum absolute atomic E-state index is 10.7. The highest BCUT2D eigenvalue weighted by Gasteiger charge is 2.13. The molecule has 0 saturated heterocycles. The van der Waals surface area contributed by atoms with Gasteiger partial charge in [-0.3, -0.25) is 4.99 Å². The molecule has 2 aromatic rings. The molecule has 25 heavy (non-hydrogen) atoms. The van der Waals surface area contributed by atoms with Crippen molar-refractivity contribution in [3.63, 3.8) is 0 Å². The number of carboxylic acids is 1. The van der Waals surface area contributed by atoms with E-state index in [-0.39, 0.29) is 0 Å². The van der Waals surface area contributed by atoms with Gasteiger partial charge >= 0.3 is 5.97 Å². The number of hydrogen-bond donors (Lipinski definition) is 1. The number of aliphatic carboxylic acids is 1. The Bertz CT molecular complexity index is 802. The first-order chi connectivity index (χ1) is 11.9. The van der Waals surface area contributed by atoms with E-state index in [0.717, 1.165) is 16.8 Å². The highest BCUT2D eigenvalue weighted by Crippen LogP contribution is 2.36. The van der Waals surface area contributed by atoms with Crippen LogP contribution in [-0.4, -0.2) is 30.5 Å². The summed E-state index contributed by atoms with van der Waals surface area (Å²) >= 11 is 3.41. The molecule has 0 unspecified atom stereocenters. The predicted octanol–water partition coefficient (Wildman–Crippen LogP) is 4.68. The van der Waals surface area contributed by atoms with Crippen molar-refractivity contribution >= 4 is 33.8 Å². The van der Waals surface area contributed by atoms with Gasteiger partial charge in [-0.25, -0.2) is 4.79 Å². The summed E-state index contributed by atoms with van der Waals surface area (Å²) in [5.41, 5.74) is 4.00. The van der Waals surface area contributed by atoms with Crippen LogP contribution in [0.3, 0.4) is 0 Å². The smallest absolute Gasteiger partial charge is 0.341 e. The van der Waals surface area contributed by atoms with Crippen molar-refractivity contribution in [2.45, 2.75) is 20.8 Å². The Kier molecular flexibility index (Phi) is 6.58. The molecule has 0 fully saturated rings. The summed E-state index contributed by atoms with van der Waals surface area (Å²) in [6.45, 7) is 5.92. The Balaban J connectivity index is 2.32. The van der Waals surface area contributed by atoms with E-state index >= 15 is 0 Å². The molecule has 0 aliphatic rings. The third kappa shape index (κ3) is 5.32. The van der Waals surface area contributed by atoms with E-state index in [1.807, 2.05) is 39.0 Å². The Morgan fingerprint density at radius 2 is 2.00 bits per heavy atom. The normalized spacial score (nSPS) is 10.9. The molecule has 0 aliphatic heterocycles. The molecule has 5 nitrogen and oxygen atoms in total. The standard InChI is InChI=1S/C19H20BrNO4/c1-4-24-17-9-14(8-15(20)19(17)25-11-18(22)23)10-21-16-6-5-12(2)7-13(16)3/h5-10H,4,11H2,1-3H3,(H,22,23). The second-order valence-electron chi connectivity index (χ2n) is 5.49. The number of hydrogen-bond acceptors (Lipinski definition) is 4. The summed E-state index contributed by atoms with van der Waals surface area (Å²) < 4.78 is 11.5. The number of ether oxygens (including phenoxy) is 2. The molecule has 6 heteroatoms. The zero-order valence-corrected chi connectivity index (χ0v) is 16.0. The van der Waals surface area contributed by atoms with Crippen molar-refractivity contribution < 1.29 is 19.4 Å². The summed E-state index contributed by atoms with van der Waals surface area (Å²) in [5, 5.41) is 8.79. The predicted molar refractivity (Wildman–Crippen MR) is 102 cm³/mol. The molecule has 1 N–H and O–H groups in total. The van der Waals surface area contributed by atoms with Gasteiger partial charge in [0, 0.05) is 6.21 Å². The highest BCUT2D eigenvalue weighted by atomic mass is 79.9. The van der Waals surface area contributed by atoms with E-state index in [1.54, 1.807) is 12.3 Å². The molecule has 0 spiro atoms. The lowest BCUT2D eigenvalue weighted by atomic mass is 10.1. The van der Waals surface area contributed by atoms with Crippen molar-refractivity contribution in [1.29, 1.82) is 0 Å². The van der Waals surface area contributed by atoms with E-state index < -0.39 is 12.6 Å². The van der Waals surface area contributed by atoms with E-state index in [0.29, 0.717) is 22.6 Å². The monoisotopic (exact) mass is 405 g/mol. The minimum absolute atomic E-state index is 0.368. The lowest BCUT2D eigenvalue weighted by Crippen LogP contribution is -2.11. The van der Waals surface area contributed by atoms with Crippen LogP contribution in [-0.2, 0) is 4.79 Å². The number of nitrogens with zero attached hydrogens (tertiary/aromatic N) is 1. The lowest BCUT2D eigenvalue weighted by Gasteiger charge is -2.13. The van der Waals surface area contributed by atoms with Crippen molar-refractivity contribution in [2.75, 3.05) is 13.2 Å². The Hall–Kier alpha value is -2.34. The SMILES string of the molecule is CCOc1cc(C=Nc2ccc(C)cc2C)cc(Br)c1OCC(=O)O. The van der Waals surface area contributed by atoms with Gasteiger partial charge in [0.15, 0.2) is 18.1 Å². The van der Waals surface area contributed by atoms with Crippen molar-refractivity contribution in [3.8, 4) is 11.5 Å². The number of aliphatic imine (C=N–C) groups is 1. The first kappa shape index (κ1) is 19.0. The number of rotatable bonds is 7. The molecule has 0 bridgehead atoms. The number of benzene rings is 2. The fourth-order valence-corrected chi connectivity index (χ4v) is 2.87. The van der Waals surface area contributed by atoms with Crippen LogP contribution in [0, 0.1) is 13.8 Å². The van der Waals surface area contributed by atoms with Crippen LogP contribution in [0.25, 0.3) is 0 Å². The minimum Gasteiger partial charge on any atom is -0.490 e. The average molecular weight is 406 g/mol. The molecule has 0 aromatic heterocycles. The maximum atomic E-state index is 10.7. The van der Waals surface area contributed by atoms with Gasteiger partial charge in [-0.2, -0.15) is 0 Å². The number of halogens is 1. The van der Waals surface area contributed by atoms with Crippen LogP contribution in [0.15, 0.2) is 39.8 Å². The third-order valence-corrected chi connectivity index (χ3v) is 3.97. The van der Waals surface area contributed by atoms with Crippen LogP contribution >= 0.6 is 15.9 Å². The summed E-state index contributed by atoms with van der Waals surface area (Å²) in [7, 11) is 0. The molecule has 0 aliphatic carbocycles. The van der Waals surface area contributed by atoms with Gasteiger partial charge in [0.25, 0.3) is 0 Å². The maximum Gasteiger partial charge on any atom is 0.341 e. The third-order valence-electron chi connectivity index (χ3n) is 3.38. The molecule has 0 heterocycles. The van der Waals surface area contributed by atoms with Gasteiger partial charge in [-0.05, 0) is 66.0 Å². The van der Waals surface area contributed by atoms with Gasteiger partial charge < -0.3 is 14.6 Å². The number of aryl methyl sites for hydroxylation is 2. The van der Waals surface area contributed by atoms with Crippen molar-refractivity contribution in [1.82, 2.24) is 0 Å². The van der Waals surface area contributed by atoms with Crippen LogP contribution in [0.4, 0.5) is 5.69 Å². The van der Waals surface area contributed by atoms with Crippen LogP contribution in [0.2, 0.25) is 0 Å². The van der Waals surface area contributed by atoms with Gasteiger partial charge in [-0.15, -0.1) is 0 Å². The van der Waals surface area contributed by atoms with E-state index in [1.165, 1.54) is 5.56 Å². The first-order valence-electron chi connectivity index (χ1n) is 7.83. The molecule has 0 amide bonds. The van der Waals surface area contributed by atoms with Crippen LogP contribution in [0.5, 0.6) is 11.5 Å². The molecular formula is C19H20BrNO4. The summed E-state index contributed by atoms with van der Waals surface area (Å²) in [5.74, 6) is -0.206. The lowest BCUT2D eigenvalue weighted by molar-refractivity contribution is -0.139. The largest absolute Gasteiger partial charge is 0.490 e. The topological polar surface area (TPSA) is 68.1 Å². The first-order valence-corrected chi connectivity index (χ1v) is 8.62. The summed E-state index contributed by atoms with van der Waals surface area (Å²) in [4.78, 5) is 15.3. The second-order valence-corrected chi connectivity index (χ2v) is 6.35. The quantitative estimate of drug-likeness (QED) is 0.678. The van der Waals surface area contributed by atoms with Gasteiger partial charge in [0.05, 0.1) is 16.8 Å². The minimum atomic E-state index is -1.05. The highest BCUT2D eigenvalue weighted by molar-refractivity contribution is 9.10. The van der Waals surface area contributed by atoms with Crippen LogP contribution < -0.4 is 9.47 Å². The van der Waals surface area contributed by atoms with E-state index in [9.17, 15) is 4.79 Å². The molecular weight excluding hydrogens is 386 g/mol. The Morgan fingerprint density at radius 3 is 2.64 bits per heavy atom. The average Bonchev–Trinajstić information content (AvgIpc) is 2.53. The van der Waals surface area contributed by atoms with Gasteiger partial charge in [-0.1, -0.05) is 17.7 Å². The fourth-order valence-electron chi connectivity index (χ4n) is 2.29. The zero-order chi connectivity index (χ0) is 18.4. The van der Waals surface area contributed by atoms with Crippen molar-refractivity contribution in [2.24, 2.45) is 4.99 Å². The zero-order valence-electron chi connectivity index (χ0n) is 14.4. The Labute approximate surface area is 155 Å². The van der Waals surface area contributed by atoms with Crippen molar-refractivity contribution in [3.05, 3.63) is 51.5 Å². The van der Waals surface area contributed by atoms with E-state index in [2.05, 4.69) is 27.0 Å². The molecule has 0 saturated carbocycles. The molecule has 0 radical (unpaired) electrons. The number of carboxylic acid groups (broad SMARTS) is 1. The van der Waals surface area contributed by atoms with Gasteiger partial charge in [0.2, 0.25) is 0 Å². The molecule has 0 atom stereocenters. The second kappa shape index (κ2) is 8.67. The molecule has 2 aromatic carbocycles. The summed E-state index contributed by atoms with van der Waals surface area (Å²) in [6.07, 6.45) is 1.74. The summed E-state index contributed by atoms with van der Waals surface area (Å²) in [6, 6.07) is 9.66. The fraction of sp³-hybridized carbons (Fsp3) is 0.263. The van der Waals surface area contributed by atoms with Crippen LogP contribution in [0.1, 0.15) is 23.6 Å². The number of carbonyl (C=O) groups is 1. The van der Waals surface area contributed by atoms with E-state index in [4.69, 9.17) is 14.6 Å². The molecule has 132 valence electrons. The Morgan fingerprint density at radius 1 is 1.24 bits per heavy atom. The van der Waals surface area contributed by atoms with Gasteiger partial charge in [0.1, 0.15) is 0 Å².